The van der Waals surface area contributed by atoms with Gasteiger partial charge in [0.2, 0.25) is 0 Å². The molecule has 0 fully saturated rings. The molecule has 3 nitrogen and oxygen atoms in total. The predicted molar refractivity (Wildman–Crippen MR) is 72.1 cm³/mol. The lowest BCUT2D eigenvalue weighted by Crippen LogP contribution is -2.24. The smallest absolute Gasteiger partial charge is 0.161 e. The molecule has 0 spiro atoms. The van der Waals surface area contributed by atoms with Gasteiger partial charge in [0.05, 0.1) is 11.0 Å². The molecule has 2 rings (SSSR count). The van der Waals surface area contributed by atoms with Crippen molar-refractivity contribution >= 4 is 11.0 Å². The van der Waals surface area contributed by atoms with E-state index >= 15 is 0 Å². The lowest BCUT2D eigenvalue weighted by molar-refractivity contribution is 0.463. The van der Waals surface area contributed by atoms with Crippen LogP contribution in [0, 0.1) is 11.6 Å². The molecule has 5 heteroatoms. The lowest BCUT2D eigenvalue weighted by atomic mass is 9.95. The van der Waals surface area contributed by atoms with E-state index in [4.69, 9.17) is 5.73 Å². The molecule has 0 amide bonds. The summed E-state index contributed by atoms with van der Waals surface area (Å²) in [5, 5.41) is 0. The summed E-state index contributed by atoms with van der Waals surface area (Å²) in [5.41, 5.74) is 6.54. The highest BCUT2D eigenvalue weighted by atomic mass is 19.2. The fraction of sp³-hybridized carbons (Fsp3) is 0.500. The molecule has 1 atom stereocenters. The molecule has 0 bridgehead atoms. The molecule has 0 aliphatic heterocycles. The zero-order chi connectivity index (χ0) is 14.4. The van der Waals surface area contributed by atoms with E-state index in [1.54, 1.807) is 0 Å². The summed E-state index contributed by atoms with van der Waals surface area (Å²) < 4.78 is 28.7. The van der Waals surface area contributed by atoms with Gasteiger partial charge in [0.1, 0.15) is 5.82 Å². The molecule has 1 heterocycles. The summed E-state index contributed by atoms with van der Waals surface area (Å²) in [6, 6.07) is 2.31. The van der Waals surface area contributed by atoms with E-state index in [2.05, 4.69) is 4.98 Å². The van der Waals surface area contributed by atoms with Gasteiger partial charge < -0.3 is 10.3 Å². The molecule has 1 unspecified atom stereocenters. The first kappa shape index (κ1) is 13.9. The van der Waals surface area contributed by atoms with E-state index in [1.165, 1.54) is 6.07 Å². The quantitative estimate of drug-likeness (QED) is 0.908. The van der Waals surface area contributed by atoms with E-state index in [0.717, 1.165) is 11.9 Å². The van der Waals surface area contributed by atoms with Crippen LogP contribution >= 0.6 is 0 Å². The summed E-state index contributed by atoms with van der Waals surface area (Å²) in [5.74, 6) is -0.957. The number of fused-ring (bicyclic) bond motifs is 1. The third-order valence-electron chi connectivity index (χ3n) is 3.18. The summed E-state index contributed by atoms with van der Waals surface area (Å²) >= 11 is 0. The molecule has 0 saturated carbocycles. The first-order chi connectivity index (χ1) is 8.75. The Balaban J connectivity index is 2.82. The molecule has 2 N–H and O–H groups in total. The molecule has 104 valence electrons. The molecule has 0 saturated heterocycles. The summed E-state index contributed by atoms with van der Waals surface area (Å²) in [7, 11) is 0. The molecule has 19 heavy (non-hydrogen) atoms. The third-order valence-corrected chi connectivity index (χ3v) is 3.18. The first-order valence-corrected chi connectivity index (χ1v) is 6.33. The predicted octanol–water partition coefficient (Wildman–Crippen LogP) is 3.13. The van der Waals surface area contributed by atoms with Gasteiger partial charge in [-0.1, -0.05) is 20.8 Å². The molecule has 1 aromatic carbocycles. The monoisotopic (exact) mass is 267 g/mol. The Hall–Kier alpha value is -1.49. The van der Waals surface area contributed by atoms with Crippen LogP contribution in [0.5, 0.6) is 0 Å². The van der Waals surface area contributed by atoms with Crippen LogP contribution in [0.4, 0.5) is 8.78 Å². The molecule has 0 aliphatic rings. The number of nitrogens with zero attached hydrogens (tertiary/aromatic N) is 2. The third kappa shape index (κ3) is 2.34. The average Bonchev–Trinajstić information content (AvgIpc) is 2.67. The van der Waals surface area contributed by atoms with Crippen molar-refractivity contribution in [1.29, 1.82) is 0 Å². The number of benzene rings is 1. The van der Waals surface area contributed by atoms with Crippen molar-refractivity contribution in [2.24, 2.45) is 5.73 Å². The van der Waals surface area contributed by atoms with E-state index in [9.17, 15) is 8.78 Å². The fourth-order valence-electron chi connectivity index (χ4n) is 2.17. The lowest BCUT2D eigenvalue weighted by Gasteiger charge is -2.23. The van der Waals surface area contributed by atoms with E-state index in [-0.39, 0.29) is 11.5 Å². The van der Waals surface area contributed by atoms with Crippen LogP contribution in [0.3, 0.4) is 0 Å². The van der Waals surface area contributed by atoms with Crippen LogP contribution in [0.2, 0.25) is 0 Å². The van der Waals surface area contributed by atoms with Gasteiger partial charge in [0, 0.05) is 30.1 Å². The minimum atomic E-state index is -0.877. The van der Waals surface area contributed by atoms with E-state index in [1.807, 2.05) is 32.3 Å². The second kappa shape index (κ2) is 4.56. The Morgan fingerprint density at radius 2 is 1.84 bits per heavy atom. The second-order valence-electron chi connectivity index (χ2n) is 5.90. The second-order valence-corrected chi connectivity index (χ2v) is 5.90. The van der Waals surface area contributed by atoms with Crippen molar-refractivity contribution in [3.05, 3.63) is 29.6 Å². The number of nitrogens with two attached hydrogens (primary N) is 1. The van der Waals surface area contributed by atoms with Gasteiger partial charge in [-0.25, -0.2) is 13.8 Å². The highest BCUT2D eigenvalue weighted by molar-refractivity contribution is 5.76. The number of hydrogen-bond acceptors (Lipinski definition) is 2. The molecule has 1 aromatic heterocycles. The van der Waals surface area contributed by atoms with Crippen molar-refractivity contribution in [3.8, 4) is 0 Å². The standard InChI is InChI=1S/C14H19F2N3/c1-8(7-17)19-12-6-10(16)9(15)5-11(12)18-13(19)14(2,3)4/h5-6,8H,7,17H2,1-4H3. The number of hydrogen-bond donors (Lipinski definition) is 1. The van der Waals surface area contributed by atoms with Gasteiger partial charge in [0.25, 0.3) is 0 Å². The maximum Gasteiger partial charge on any atom is 0.161 e. The maximum atomic E-state index is 13.5. The van der Waals surface area contributed by atoms with E-state index in [0.29, 0.717) is 17.6 Å². The van der Waals surface area contributed by atoms with Crippen molar-refractivity contribution in [1.82, 2.24) is 9.55 Å². The molecule has 2 aromatic rings. The van der Waals surface area contributed by atoms with Crippen LogP contribution in [0.25, 0.3) is 11.0 Å². The Morgan fingerprint density at radius 1 is 1.26 bits per heavy atom. The maximum absolute atomic E-state index is 13.5. The number of halogens is 2. The SMILES string of the molecule is CC(CN)n1c(C(C)(C)C)nc2cc(F)c(F)cc21. The largest absolute Gasteiger partial charge is 0.328 e. The van der Waals surface area contributed by atoms with Crippen LogP contribution in [-0.2, 0) is 5.41 Å². The summed E-state index contributed by atoms with van der Waals surface area (Å²) in [6.07, 6.45) is 0. The molecular formula is C14H19F2N3. The van der Waals surface area contributed by atoms with E-state index < -0.39 is 11.6 Å². The molecule has 0 radical (unpaired) electrons. The van der Waals surface area contributed by atoms with Crippen LogP contribution in [-0.4, -0.2) is 16.1 Å². The van der Waals surface area contributed by atoms with Crippen molar-refractivity contribution in [2.75, 3.05) is 6.54 Å². The first-order valence-electron chi connectivity index (χ1n) is 6.33. The minimum absolute atomic E-state index is 0.0240. The van der Waals surface area contributed by atoms with Gasteiger partial charge in [-0.3, -0.25) is 0 Å². The van der Waals surface area contributed by atoms with Crippen molar-refractivity contribution < 1.29 is 8.78 Å². The number of aromatic nitrogens is 2. The Bertz CT molecular complexity index is 611. The van der Waals surface area contributed by atoms with Gasteiger partial charge in [-0.05, 0) is 6.92 Å². The average molecular weight is 267 g/mol. The van der Waals surface area contributed by atoms with Crippen molar-refractivity contribution in [2.45, 2.75) is 39.2 Å². The highest BCUT2D eigenvalue weighted by Gasteiger charge is 2.25. The van der Waals surface area contributed by atoms with Gasteiger partial charge in [-0.2, -0.15) is 0 Å². The van der Waals surface area contributed by atoms with Gasteiger partial charge >= 0.3 is 0 Å². The zero-order valence-electron chi connectivity index (χ0n) is 11.7. The fourth-order valence-corrected chi connectivity index (χ4v) is 2.17. The van der Waals surface area contributed by atoms with Gasteiger partial charge in [-0.15, -0.1) is 0 Å². The zero-order valence-corrected chi connectivity index (χ0v) is 11.7. The molecular weight excluding hydrogens is 248 g/mol. The van der Waals surface area contributed by atoms with Crippen LogP contribution in [0.1, 0.15) is 39.6 Å². The van der Waals surface area contributed by atoms with Crippen molar-refractivity contribution in [3.63, 3.8) is 0 Å². The Morgan fingerprint density at radius 3 is 2.37 bits per heavy atom. The number of imidazole rings is 1. The van der Waals surface area contributed by atoms with Crippen LogP contribution < -0.4 is 5.73 Å². The summed E-state index contributed by atoms with van der Waals surface area (Å²) in [4.78, 5) is 4.46. The summed E-state index contributed by atoms with van der Waals surface area (Å²) in [6.45, 7) is 8.40. The number of rotatable bonds is 2. The minimum Gasteiger partial charge on any atom is -0.328 e. The molecule has 0 aliphatic carbocycles. The van der Waals surface area contributed by atoms with Crippen LogP contribution in [0.15, 0.2) is 12.1 Å². The Labute approximate surface area is 111 Å². The topological polar surface area (TPSA) is 43.8 Å². The highest BCUT2D eigenvalue weighted by Crippen LogP contribution is 2.30. The normalized spacial score (nSPS) is 14.1. The van der Waals surface area contributed by atoms with Gasteiger partial charge in [0.15, 0.2) is 11.6 Å². The Kier molecular flexibility index (Phi) is 3.34.